The number of anilines is 1. The molecule has 0 fully saturated rings. The lowest BCUT2D eigenvalue weighted by molar-refractivity contribution is -0.137. The van der Waals surface area contributed by atoms with Crippen molar-refractivity contribution < 1.29 is 14.7 Å². The summed E-state index contributed by atoms with van der Waals surface area (Å²) >= 11 is 0.902. The van der Waals surface area contributed by atoms with Gasteiger partial charge in [-0.2, -0.15) is 0 Å². The lowest BCUT2D eigenvalue weighted by atomic mass is 10.5. The number of carbonyl (C=O) groups excluding carboxylic acids is 1. The highest BCUT2D eigenvalue weighted by Crippen LogP contribution is 2.06. The first-order valence-corrected chi connectivity index (χ1v) is 4.94. The van der Waals surface area contributed by atoms with Crippen LogP contribution in [0.3, 0.4) is 0 Å². The van der Waals surface area contributed by atoms with E-state index in [0.717, 1.165) is 16.4 Å². The molecule has 16 heavy (non-hydrogen) atoms. The average Bonchev–Trinajstić information content (AvgIpc) is 2.69. The predicted octanol–water partition coefficient (Wildman–Crippen LogP) is 0.0376. The second-order valence-corrected chi connectivity index (χ2v) is 3.39. The quantitative estimate of drug-likeness (QED) is 0.707. The number of urea groups is 1. The molecule has 0 aromatic carbocycles. The molecule has 2 N–H and O–H groups in total. The van der Waals surface area contributed by atoms with Crippen LogP contribution in [0.4, 0.5) is 9.93 Å². The normalized spacial score (nSPS) is 9.50. The van der Waals surface area contributed by atoms with E-state index < -0.39 is 18.5 Å². The van der Waals surface area contributed by atoms with Crippen LogP contribution >= 0.6 is 11.5 Å². The highest BCUT2D eigenvalue weighted by molar-refractivity contribution is 7.09. The molecule has 0 saturated carbocycles. The van der Waals surface area contributed by atoms with Gasteiger partial charge in [0, 0.05) is 18.1 Å². The van der Waals surface area contributed by atoms with Crippen LogP contribution in [0.2, 0.25) is 0 Å². The average molecular weight is 243 g/mol. The van der Waals surface area contributed by atoms with Crippen LogP contribution in [0.1, 0.15) is 0 Å². The van der Waals surface area contributed by atoms with Gasteiger partial charge in [-0.05, 0) is 5.21 Å². The summed E-state index contributed by atoms with van der Waals surface area (Å²) in [6, 6.07) is -0.583. The SMILES string of the molecule is C=CCN(CC(=O)O)C(=O)Nc1nnns1. The number of carboxylic acid groups (broad SMARTS) is 1. The molecule has 0 aliphatic carbocycles. The maximum absolute atomic E-state index is 11.6. The van der Waals surface area contributed by atoms with Gasteiger partial charge < -0.3 is 10.0 Å². The maximum Gasteiger partial charge on any atom is 0.324 e. The van der Waals surface area contributed by atoms with Crippen molar-refractivity contribution in [3.8, 4) is 0 Å². The Bertz CT molecular complexity index is 379. The molecule has 2 amide bonds. The Balaban J connectivity index is 2.59. The number of amides is 2. The summed E-state index contributed by atoms with van der Waals surface area (Å²) in [5.74, 6) is -1.10. The number of nitrogens with zero attached hydrogens (tertiary/aromatic N) is 4. The summed E-state index contributed by atoms with van der Waals surface area (Å²) in [5, 5.41) is 18.0. The van der Waals surface area contributed by atoms with E-state index in [-0.39, 0.29) is 11.7 Å². The highest BCUT2D eigenvalue weighted by Gasteiger charge is 2.16. The minimum atomic E-state index is -1.10. The molecule has 1 aromatic rings. The molecule has 1 aromatic heterocycles. The van der Waals surface area contributed by atoms with E-state index in [9.17, 15) is 9.59 Å². The van der Waals surface area contributed by atoms with Crippen LogP contribution in [0.25, 0.3) is 0 Å². The Labute approximate surface area is 94.7 Å². The number of carbonyl (C=O) groups is 2. The summed E-state index contributed by atoms with van der Waals surface area (Å²) in [5.41, 5.74) is 0. The van der Waals surface area contributed by atoms with Gasteiger partial charge >= 0.3 is 12.0 Å². The molecule has 0 unspecified atom stereocenters. The number of hydrogen-bond acceptors (Lipinski definition) is 6. The molecule has 86 valence electrons. The molecule has 9 heteroatoms. The molecule has 0 aliphatic rings. The number of nitrogens with one attached hydrogen (secondary N) is 1. The molecule has 0 saturated heterocycles. The molecule has 1 rings (SSSR count). The first kappa shape index (κ1) is 12.0. The van der Waals surface area contributed by atoms with E-state index in [1.807, 2.05) is 0 Å². The standard InChI is InChI=1S/C7H9N5O3S/c1-2-3-12(4-5(13)14)7(15)8-6-9-10-11-16-6/h2H,1,3-4H2,(H,13,14)(H,8,9,11,15). The van der Waals surface area contributed by atoms with E-state index in [4.69, 9.17) is 5.11 Å². The van der Waals surface area contributed by atoms with Crippen LogP contribution in [0, 0.1) is 0 Å². The van der Waals surface area contributed by atoms with Crippen molar-refractivity contribution in [2.45, 2.75) is 0 Å². The third kappa shape index (κ3) is 3.61. The van der Waals surface area contributed by atoms with E-state index in [1.165, 1.54) is 6.08 Å². The molecule has 8 nitrogen and oxygen atoms in total. The molecular weight excluding hydrogens is 234 g/mol. The Morgan fingerprint density at radius 3 is 2.88 bits per heavy atom. The Kier molecular flexibility index (Phi) is 4.33. The number of aliphatic carboxylic acids is 1. The van der Waals surface area contributed by atoms with Crippen LogP contribution in [0.5, 0.6) is 0 Å². The first-order valence-electron chi connectivity index (χ1n) is 4.17. The Morgan fingerprint density at radius 1 is 1.62 bits per heavy atom. The van der Waals surface area contributed by atoms with Gasteiger partial charge in [0.1, 0.15) is 6.54 Å². The van der Waals surface area contributed by atoms with Crippen molar-refractivity contribution in [3.05, 3.63) is 12.7 Å². The van der Waals surface area contributed by atoms with Gasteiger partial charge in [0.05, 0.1) is 0 Å². The van der Waals surface area contributed by atoms with Gasteiger partial charge in [-0.1, -0.05) is 15.7 Å². The third-order valence-electron chi connectivity index (χ3n) is 1.48. The molecule has 0 radical (unpaired) electrons. The lowest BCUT2D eigenvalue weighted by Gasteiger charge is -2.17. The summed E-state index contributed by atoms with van der Waals surface area (Å²) in [6.07, 6.45) is 1.43. The second-order valence-electron chi connectivity index (χ2n) is 2.66. The Morgan fingerprint density at radius 2 is 2.38 bits per heavy atom. The van der Waals surface area contributed by atoms with Crippen molar-refractivity contribution in [1.82, 2.24) is 19.7 Å². The van der Waals surface area contributed by atoms with E-state index >= 15 is 0 Å². The molecule has 1 heterocycles. The summed E-state index contributed by atoms with van der Waals surface area (Å²) in [7, 11) is 0. The van der Waals surface area contributed by atoms with Crippen LogP contribution in [0.15, 0.2) is 12.7 Å². The minimum Gasteiger partial charge on any atom is -0.480 e. The summed E-state index contributed by atoms with van der Waals surface area (Å²) < 4.78 is 3.45. The van der Waals surface area contributed by atoms with Crippen LogP contribution in [-0.4, -0.2) is 49.9 Å². The first-order chi connectivity index (χ1) is 7.63. The fraction of sp³-hybridized carbons (Fsp3) is 0.286. The lowest BCUT2D eigenvalue weighted by Crippen LogP contribution is -2.38. The van der Waals surface area contributed by atoms with Crippen molar-refractivity contribution in [3.63, 3.8) is 0 Å². The molecule has 0 bridgehead atoms. The zero-order chi connectivity index (χ0) is 12.0. The van der Waals surface area contributed by atoms with Gasteiger partial charge in [0.15, 0.2) is 0 Å². The zero-order valence-electron chi connectivity index (χ0n) is 8.16. The van der Waals surface area contributed by atoms with Crippen LogP contribution < -0.4 is 5.32 Å². The second kappa shape index (κ2) is 5.75. The molecular formula is C7H9N5O3S. The monoisotopic (exact) mass is 243 g/mol. The smallest absolute Gasteiger partial charge is 0.324 e. The fourth-order valence-electron chi connectivity index (χ4n) is 0.891. The minimum absolute atomic E-state index is 0.129. The van der Waals surface area contributed by atoms with E-state index in [1.54, 1.807) is 0 Å². The largest absolute Gasteiger partial charge is 0.480 e. The third-order valence-corrected chi connectivity index (χ3v) is 1.99. The van der Waals surface area contributed by atoms with E-state index in [2.05, 4.69) is 26.7 Å². The topological polar surface area (TPSA) is 108 Å². The Hall–Kier alpha value is -2.03. The molecule has 0 aliphatic heterocycles. The zero-order valence-corrected chi connectivity index (χ0v) is 8.98. The van der Waals surface area contributed by atoms with E-state index in [0.29, 0.717) is 0 Å². The molecule has 0 spiro atoms. The van der Waals surface area contributed by atoms with Gasteiger partial charge in [-0.3, -0.25) is 10.1 Å². The van der Waals surface area contributed by atoms with Crippen molar-refractivity contribution in [2.75, 3.05) is 18.4 Å². The number of carboxylic acids is 1. The highest BCUT2D eigenvalue weighted by atomic mass is 32.1. The van der Waals surface area contributed by atoms with Crippen molar-refractivity contribution >= 4 is 28.7 Å². The van der Waals surface area contributed by atoms with Crippen molar-refractivity contribution in [2.24, 2.45) is 0 Å². The number of hydrogen-bond donors (Lipinski definition) is 2. The van der Waals surface area contributed by atoms with Crippen LogP contribution in [-0.2, 0) is 4.79 Å². The van der Waals surface area contributed by atoms with Gasteiger partial charge in [0.25, 0.3) is 0 Å². The van der Waals surface area contributed by atoms with Gasteiger partial charge in [0.2, 0.25) is 5.13 Å². The van der Waals surface area contributed by atoms with Gasteiger partial charge in [-0.15, -0.1) is 6.58 Å². The fourth-order valence-corrected chi connectivity index (χ4v) is 1.25. The number of rotatable bonds is 5. The summed E-state index contributed by atoms with van der Waals surface area (Å²) in [4.78, 5) is 23.1. The predicted molar refractivity (Wildman–Crippen MR) is 56.1 cm³/mol. The molecule has 0 atom stereocenters. The summed E-state index contributed by atoms with van der Waals surface area (Å²) in [6.45, 7) is 3.15. The maximum atomic E-state index is 11.6. The number of aromatic nitrogens is 3. The van der Waals surface area contributed by atoms with Gasteiger partial charge in [-0.25, -0.2) is 4.79 Å². The van der Waals surface area contributed by atoms with Crippen molar-refractivity contribution in [1.29, 1.82) is 0 Å².